The van der Waals surface area contributed by atoms with Crippen molar-refractivity contribution in [2.24, 2.45) is 5.92 Å². The molecule has 2 aromatic rings. The van der Waals surface area contributed by atoms with E-state index in [-0.39, 0.29) is 12.5 Å². The minimum absolute atomic E-state index is 0.132. The van der Waals surface area contributed by atoms with Gasteiger partial charge in [0, 0.05) is 5.69 Å². The van der Waals surface area contributed by atoms with Crippen molar-refractivity contribution < 1.29 is 14.3 Å². The van der Waals surface area contributed by atoms with E-state index < -0.39 is 0 Å². The van der Waals surface area contributed by atoms with Crippen molar-refractivity contribution in [1.29, 1.82) is 0 Å². The number of amides is 1. The molecule has 5 nitrogen and oxygen atoms in total. The van der Waals surface area contributed by atoms with Crippen molar-refractivity contribution in [2.45, 2.75) is 20.8 Å². The predicted molar refractivity (Wildman–Crippen MR) is 102 cm³/mol. The summed E-state index contributed by atoms with van der Waals surface area (Å²) >= 11 is 0. The summed E-state index contributed by atoms with van der Waals surface area (Å²) in [4.78, 5) is 12.1. The summed E-state index contributed by atoms with van der Waals surface area (Å²) < 4.78 is 11.1. The Morgan fingerprint density at radius 1 is 1.04 bits per heavy atom. The minimum Gasteiger partial charge on any atom is -0.493 e. The predicted octanol–water partition coefficient (Wildman–Crippen LogP) is 4.17. The van der Waals surface area contributed by atoms with Crippen molar-refractivity contribution in [3.05, 3.63) is 48.5 Å². The Morgan fingerprint density at radius 2 is 1.76 bits per heavy atom. The number of carbonyl (C=O) groups excluding carboxylic acids is 1. The number of carbonyl (C=O) groups is 1. The van der Waals surface area contributed by atoms with Crippen LogP contribution in [0.25, 0.3) is 0 Å². The van der Waals surface area contributed by atoms with Crippen molar-refractivity contribution in [3.8, 4) is 11.5 Å². The molecule has 0 aliphatic heterocycles. The van der Waals surface area contributed by atoms with Gasteiger partial charge in [-0.05, 0) is 49.2 Å². The molecule has 0 saturated carbocycles. The summed E-state index contributed by atoms with van der Waals surface area (Å²) in [5.41, 5.74) is 1.54. The van der Waals surface area contributed by atoms with Gasteiger partial charge in [-0.2, -0.15) is 0 Å². The zero-order valence-electron chi connectivity index (χ0n) is 15.0. The lowest BCUT2D eigenvalue weighted by Gasteiger charge is -2.12. The number of para-hydroxylation sites is 2. The average Bonchev–Trinajstić information content (AvgIpc) is 2.61. The highest BCUT2D eigenvalue weighted by atomic mass is 16.5. The Hall–Kier alpha value is -2.69. The van der Waals surface area contributed by atoms with Crippen LogP contribution in [0.5, 0.6) is 11.5 Å². The Morgan fingerprint density at radius 3 is 2.44 bits per heavy atom. The zero-order valence-corrected chi connectivity index (χ0v) is 15.0. The van der Waals surface area contributed by atoms with Gasteiger partial charge in [0.2, 0.25) is 5.91 Å². The number of hydrogen-bond acceptors (Lipinski definition) is 4. The Labute approximate surface area is 149 Å². The summed E-state index contributed by atoms with van der Waals surface area (Å²) in [6, 6.07) is 15.0. The zero-order chi connectivity index (χ0) is 18.1. The lowest BCUT2D eigenvalue weighted by Crippen LogP contribution is -2.22. The van der Waals surface area contributed by atoms with Crippen molar-refractivity contribution >= 4 is 17.3 Å². The molecule has 25 heavy (non-hydrogen) atoms. The summed E-state index contributed by atoms with van der Waals surface area (Å²) in [5, 5.41) is 5.96. The van der Waals surface area contributed by atoms with E-state index in [4.69, 9.17) is 9.47 Å². The van der Waals surface area contributed by atoms with Crippen LogP contribution in [0.15, 0.2) is 48.5 Å². The van der Waals surface area contributed by atoms with Gasteiger partial charge in [0.05, 0.1) is 25.4 Å². The second-order valence-electron chi connectivity index (χ2n) is 6.06. The Bertz CT molecular complexity index is 669. The average molecular weight is 342 g/mol. The van der Waals surface area contributed by atoms with Crippen molar-refractivity contribution in [3.63, 3.8) is 0 Å². The molecule has 0 spiro atoms. The molecule has 2 aromatic carbocycles. The molecule has 0 fully saturated rings. The maximum atomic E-state index is 12.1. The van der Waals surface area contributed by atoms with Gasteiger partial charge in [-0.3, -0.25) is 4.79 Å². The highest BCUT2D eigenvalue weighted by Crippen LogP contribution is 2.23. The monoisotopic (exact) mass is 342 g/mol. The van der Waals surface area contributed by atoms with Gasteiger partial charge in [-0.15, -0.1) is 0 Å². The van der Waals surface area contributed by atoms with Gasteiger partial charge in [0.1, 0.15) is 11.5 Å². The van der Waals surface area contributed by atoms with Crippen LogP contribution in [-0.2, 0) is 4.79 Å². The summed E-state index contributed by atoms with van der Waals surface area (Å²) in [7, 11) is 0. The fourth-order valence-electron chi connectivity index (χ4n) is 2.16. The van der Waals surface area contributed by atoms with Gasteiger partial charge < -0.3 is 20.1 Å². The van der Waals surface area contributed by atoms with Crippen molar-refractivity contribution in [2.75, 3.05) is 30.4 Å². The molecule has 2 rings (SSSR count). The molecule has 5 heteroatoms. The van der Waals surface area contributed by atoms with Gasteiger partial charge in [-0.1, -0.05) is 26.0 Å². The fraction of sp³-hybridized carbons (Fsp3) is 0.350. The van der Waals surface area contributed by atoms with Gasteiger partial charge in [0.25, 0.3) is 0 Å². The summed E-state index contributed by atoms with van der Waals surface area (Å²) in [6.07, 6.45) is 0. The number of ether oxygens (including phenoxy) is 2. The van der Waals surface area contributed by atoms with Crippen LogP contribution in [0.4, 0.5) is 11.4 Å². The first-order valence-electron chi connectivity index (χ1n) is 8.57. The first kappa shape index (κ1) is 18.6. The van der Waals surface area contributed by atoms with E-state index in [0.717, 1.165) is 11.4 Å². The van der Waals surface area contributed by atoms with E-state index in [1.54, 1.807) is 0 Å². The SMILES string of the molecule is CCOc1ccccc1NC(=O)CNc1ccc(OCC(C)C)cc1. The quantitative estimate of drug-likeness (QED) is 0.718. The van der Waals surface area contributed by atoms with Crippen LogP contribution in [-0.4, -0.2) is 25.7 Å². The minimum atomic E-state index is -0.132. The molecule has 0 unspecified atom stereocenters. The third-order valence-electron chi connectivity index (χ3n) is 3.35. The Kier molecular flexibility index (Phi) is 7.14. The molecule has 0 heterocycles. The maximum Gasteiger partial charge on any atom is 0.243 e. The molecule has 1 amide bonds. The smallest absolute Gasteiger partial charge is 0.243 e. The fourth-order valence-corrected chi connectivity index (χ4v) is 2.16. The molecule has 0 aromatic heterocycles. The van der Waals surface area contributed by atoms with E-state index >= 15 is 0 Å². The van der Waals surface area contributed by atoms with Crippen LogP contribution in [0, 0.1) is 5.92 Å². The van der Waals surface area contributed by atoms with Crippen LogP contribution in [0.3, 0.4) is 0 Å². The number of anilines is 2. The van der Waals surface area contributed by atoms with E-state index in [1.165, 1.54) is 0 Å². The molecular weight excluding hydrogens is 316 g/mol. The standard InChI is InChI=1S/C20H26N2O3/c1-4-24-19-8-6-5-7-18(19)22-20(23)13-21-16-9-11-17(12-10-16)25-14-15(2)3/h5-12,15,21H,4,13-14H2,1-3H3,(H,22,23). The summed E-state index contributed by atoms with van der Waals surface area (Å²) in [5.74, 6) is 1.85. The molecule has 0 radical (unpaired) electrons. The highest BCUT2D eigenvalue weighted by Gasteiger charge is 2.07. The van der Waals surface area contributed by atoms with Gasteiger partial charge in [0.15, 0.2) is 0 Å². The van der Waals surface area contributed by atoms with Crippen LogP contribution in [0.1, 0.15) is 20.8 Å². The van der Waals surface area contributed by atoms with Crippen molar-refractivity contribution in [1.82, 2.24) is 0 Å². The lowest BCUT2D eigenvalue weighted by molar-refractivity contribution is -0.114. The van der Waals surface area contributed by atoms with Gasteiger partial charge in [-0.25, -0.2) is 0 Å². The number of rotatable bonds is 9. The lowest BCUT2D eigenvalue weighted by atomic mass is 10.2. The van der Waals surface area contributed by atoms with Crippen LogP contribution in [0.2, 0.25) is 0 Å². The van der Waals surface area contributed by atoms with E-state index in [0.29, 0.717) is 30.6 Å². The molecule has 0 saturated heterocycles. The Balaban J connectivity index is 1.84. The highest BCUT2D eigenvalue weighted by molar-refractivity contribution is 5.95. The topological polar surface area (TPSA) is 59.6 Å². The number of nitrogens with one attached hydrogen (secondary N) is 2. The molecular formula is C20H26N2O3. The molecule has 0 aliphatic rings. The number of hydrogen-bond donors (Lipinski definition) is 2. The van der Waals surface area contributed by atoms with E-state index in [2.05, 4.69) is 24.5 Å². The van der Waals surface area contributed by atoms with E-state index in [9.17, 15) is 4.79 Å². The molecule has 0 aliphatic carbocycles. The largest absolute Gasteiger partial charge is 0.493 e. The summed E-state index contributed by atoms with van der Waals surface area (Å²) in [6.45, 7) is 7.54. The van der Waals surface area contributed by atoms with Crippen LogP contribution >= 0.6 is 0 Å². The first-order chi connectivity index (χ1) is 12.1. The van der Waals surface area contributed by atoms with Crippen LogP contribution < -0.4 is 20.1 Å². The third-order valence-corrected chi connectivity index (χ3v) is 3.35. The third kappa shape index (κ3) is 6.37. The van der Waals surface area contributed by atoms with Gasteiger partial charge >= 0.3 is 0 Å². The van der Waals surface area contributed by atoms with E-state index in [1.807, 2.05) is 55.5 Å². The number of benzene rings is 2. The molecule has 134 valence electrons. The normalized spacial score (nSPS) is 10.4. The second-order valence-corrected chi connectivity index (χ2v) is 6.06. The molecule has 0 bridgehead atoms. The molecule has 0 atom stereocenters. The first-order valence-corrected chi connectivity index (χ1v) is 8.57. The molecule has 2 N–H and O–H groups in total. The second kappa shape index (κ2) is 9.57. The maximum absolute atomic E-state index is 12.1.